The zero-order chi connectivity index (χ0) is 13.8. The van der Waals surface area contributed by atoms with E-state index in [2.05, 4.69) is 49.0 Å². The highest BCUT2D eigenvalue weighted by Gasteiger charge is 2.12. The first-order chi connectivity index (χ1) is 9.09. The number of rotatable bonds is 6. The van der Waals surface area contributed by atoms with Crippen LogP contribution in [0.2, 0.25) is 0 Å². The third-order valence-electron chi connectivity index (χ3n) is 3.74. The summed E-state index contributed by atoms with van der Waals surface area (Å²) in [6.07, 6.45) is 5.26. The normalized spacial score (nSPS) is 12.7. The summed E-state index contributed by atoms with van der Waals surface area (Å²) >= 11 is 0. The molecule has 0 fully saturated rings. The minimum Gasteiger partial charge on any atom is -0.481 e. The van der Waals surface area contributed by atoms with Crippen LogP contribution in [0.3, 0.4) is 0 Å². The van der Waals surface area contributed by atoms with Crippen molar-refractivity contribution in [3.63, 3.8) is 0 Å². The van der Waals surface area contributed by atoms with Crippen molar-refractivity contribution in [2.75, 3.05) is 0 Å². The molecule has 3 nitrogen and oxygen atoms in total. The van der Waals surface area contributed by atoms with E-state index in [-0.39, 0.29) is 6.42 Å². The Balaban J connectivity index is 2.05. The maximum Gasteiger partial charge on any atom is 0.303 e. The molecule has 3 heteroatoms. The van der Waals surface area contributed by atoms with Crippen LogP contribution in [0.15, 0.2) is 30.5 Å². The predicted molar refractivity (Wildman–Crippen MR) is 77.4 cm³/mol. The van der Waals surface area contributed by atoms with Gasteiger partial charge in [0.1, 0.15) is 0 Å². The molecular formula is C16H21NO2. The molecule has 0 aliphatic heterocycles. The smallest absolute Gasteiger partial charge is 0.303 e. The van der Waals surface area contributed by atoms with Crippen molar-refractivity contribution in [1.82, 2.24) is 4.57 Å². The van der Waals surface area contributed by atoms with Gasteiger partial charge < -0.3 is 9.67 Å². The highest BCUT2D eigenvalue weighted by molar-refractivity contribution is 5.84. The molecule has 1 N–H and O–H groups in total. The van der Waals surface area contributed by atoms with Gasteiger partial charge in [-0.05, 0) is 30.4 Å². The Kier molecular flexibility index (Phi) is 4.25. The number of carboxylic acids is 1. The topological polar surface area (TPSA) is 42.2 Å². The monoisotopic (exact) mass is 259 g/mol. The van der Waals surface area contributed by atoms with Crippen molar-refractivity contribution in [3.8, 4) is 0 Å². The summed E-state index contributed by atoms with van der Waals surface area (Å²) in [5.41, 5.74) is 2.63. The van der Waals surface area contributed by atoms with Gasteiger partial charge in [-0.1, -0.05) is 31.5 Å². The Hall–Kier alpha value is -1.77. The van der Waals surface area contributed by atoms with Crippen molar-refractivity contribution in [2.45, 2.75) is 38.5 Å². The Morgan fingerprint density at radius 2 is 2.05 bits per heavy atom. The van der Waals surface area contributed by atoms with Gasteiger partial charge in [0.2, 0.25) is 0 Å². The van der Waals surface area contributed by atoms with Crippen LogP contribution in [0.1, 0.15) is 44.1 Å². The van der Waals surface area contributed by atoms with Crippen LogP contribution in [0.4, 0.5) is 0 Å². The number of hydrogen-bond donors (Lipinski definition) is 1. The average molecular weight is 259 g/mol. The van der Waals surface area contributed by atoms with Gasteiger partial charge >= 0.3 is 5.97 Å². The summed E-state index contributed by atoms with van der Waals surface area (Å²) in [4.78, 5) is 10.5. The average Bonchev–Trinajstić information content (AvgIpc) is 2.72. The molecule has 0 aliphatic rings. The molecule has 2 rings (SSSR count). The molecule has 102 valence electrons. The van der Waals surface area contributed by atoms with E-state index in [0.717, 1.165) is 19.3 Å². The van der Waals surface area contributed by atoms with Crippen molar-refractivity contribution < 1.29 is 9.90 Å². The van der Waals surface area contributed by atoms with E-state index in [9.17, 15) is 4.79 Å². The van der Waals surface area contributed by atoms with Crippen molar-refractivity contribution >= 4 is 16.9 Å². The summed E-state index contributed by atoms with van der Waals surface area (Å²) in [6.45, 7) is 2.22. The Morgan fingerprint density at radius 1 is 1.32 bits per heavy atom. The number of carbonyl (C=O) groups is 1. The van der Waals surface area contributed by atoms with E-state index >= 15 is 0 Å². The van der Waals surface area contributed by atoms with Gasteiger partial charge in [-0.3, -0.25) is 4.79 Å². The van der Waals surface area contributed by atoms with Crippen LogP contribution in [0.5, 0.6) is 0 Å². The SMILES string of the molecule is CC(CCCCC(=O)O)c1cn(C)c2ccccc12. The van der Waals surface area contributed by atoms with Crippen LogP contribution in [-0.4, -0.2) is 15.6 Å². The van der Waals surface area contributed by atoms with E-state index < -0.39 is 5.97 Å². The van der Waals surface area contributed by atoms with E-state index in [1.807, 2.05) is 0 Å². The minimum atomic E-state index is -0.696. The zero-order valence-electron chi connectivity index (χ0n) is 11.6. The first-order valence-electron chi connectivity index (χ1n) is 6.85. The zero-order valence-corrected chi connectivity index (χ0v) is 11.6. The van der Waals surface area contributed by atoms with E-state index in [0.29, 0.717) is 5.92 Å². The van der Waals surface area contributed by atoms with Crippen molar-refractivity contribution in [3.05, 3.63) is 36.0 Å². The summed E-state index contributed by atoms with van der Waals surface area (Å²) in [5, 5.41) is 9.95. The van der Waals surface area contributed by atoms with E-state index in [4.69, 9.17) is 5.11 Å². The minimum absolute atomic E-state index is 0.280. The number of aryl methyl sites for hydroxylation is 1. The molecule has 1 aromatic heterocycles. The number of aliphatic carboxylic acids is 1. The lowest BCUT2D eigenvalue weighted by molar-refractivity contribution is -0.137. The molecule has 0 aliphatic carbocycles. The fourth-order valence-corrected chi connectivity index (χ4v) is 2.65. The number of hydrogen-bond acceptors (Lipinski definition) is 1. The Bertz CT molecular complexity index is 571. The van der Waals surface area contributed by atoms with Crippen molar-refractivity contribution in [1.29, 1.82) is 0 Å². The molecule has 0 saturated heterocycles. The highest BCUT2D eigenvalue weighted by atomic mass is 16.4. The molecular weight excluding hydrogens is 238 g/mol. The molecule has 0 saturated carbocycles. The van der Waals surface area contributed by atoms with E-state index in [1.54, 1.807) is 0 Å². The third-order valence-corrected chi connectivity index (χ3v) is 3.74. The van der Waals surface area contributed by atoms with Crippen LogP contribution >= 0.6 is 0 Å². The Morgan fingerprint density at radius 3 is 2.79 bits per heavy atom. The summed E-state index contributed by atoms with van der Waals surface area (Å²) in [7, 11) is 2.07. The van der Waals surface area contributed by atoms with Gasteiger partial charge in [0.05, 0.1) is 0 Å². The third kappa shape index (κ3) is 3.16. The number of carboxylic acid groups (broad SMARTS) is 1. The summed E-state index contributed by atoms with van der Waals surface area (Å²) < 4.78 is 2.17. The van der Waals surface area contributed by atoms with Crippen LogP contribution in [0, 0.1) is 0 Å². The number of benzene rings is 1. The van der Waals surface area contributed by atoms with Crippen LogP contribution in [0.25, 0.3) is 10.9 Å². The van der Waals surface area contributed by atoms with Gasteiger partial charge in [-0.15, -0.1) is 0 Å². The molecule has 1 unspecified atom stereocenters. The molecule has 2 aromatic rings. The second-order valence-electron chi connectivity index (χ2n) is 5.25. The van der Waals surface area contributed by atoms with Gasteiger partial charge in [0.25, 0.3) is 0 Å². The second-order valence-corrected chi connectivity index (χ2v) is 5.25. The maximum atomic E-state index is 10.5. The first kappa shape index (κ1) is 13.7. The van der Waals surface area contributed by atoms with E-state index in [1.165, 1.54) is 16.5 Å². The standard InChI is InChI=1S/C16H21NO2/c1-12(7-3-6-10-16(18)19)14-11-17(2)15-9-5-4-8-13(14)15/h4-5,8-9,11-12H,3,6-7,10H2,1-2H3,(H,18,19). The molecule has 0 bridgehead atoms. The number of para-hydroxylation sites is 1. The molecule has 0 amide bonds. The number of aromatic nitrogens is 1. The van der Waals surface area contributed by atoms with Crippen LogP contribution < -0.4 is 0 Å². The molecule has 0 radical (unpaired) electrons. The van der Waals surface area contributed by atoms with Crippen molar-refractivity contribution in [2.24, 2.45) is 7.05 Å². The Labute approximate surface area is 113 Å². The summed E-state index contributed by atoms with van der Waals surface area (Å²) in [5.74, 6) is -0.224. The first-order valence-corrected chi connectivity index (χ1v) is 6.85. The van der Waals surface area contributed by atoms with Gasteiger partial charge in [0.15, 0.2) is 0 Å². The lowest BCUT2D eigenvalue weighted by Crippen LogP contribution is -1.96. The van der Waals surface area contributed by atoms with Gasteiger partial charge in [0, 0.05) is 30.6 Å². The molecule has 1 atom stereocenters. The molecule has 0 spiro atoms. The quantitative estimate of drug-likeness (QED) is 0.799. The number of fused-ring (bicyclic) bond motifs is 1. The largest absolute Gasteiger partial charge is 0.481 e. The number of nitrogens with zero attached hydrogens (tertiary/aromatic N) is 1. The maximum absolute atomic E-state index is 10.5. The highest BCUT2D eigenvalue weighted by Crippen LogP contribution is 2.30. The second kappa shape index (κ2) is 5.91. The van der Waals surface area contributed by atoms with Gasteiger partial charge in [-0.25, -0.2) is 0 Å². The number of unbranched alkanes of at least 4 members (excludes halogenated alkanes) is 1. The molecule has 19 heavy (non-hydrogen) atoms. The lowest BCUT2D eigenvalue weighted by atomic mass is 9.95. The molecule has 1 heterocycles. The lowest BCUT2D eigenvalue weighted by Gasteiger charge is -2.10. The van der Waals surface area contributed by atoms with Crippen LogP contribution in [-0.2, 0) is 11.8 Å². The fraction of sp³-hybridized carbons (Fsp3) is 0.438. The fourth-order valence-electron chi connectivity index (χ4n) is 2.65. The molecule has 1 aromatic carbocycles. The predicted octanol–water partition coefficient (Wildman–Crippen LogP) is 3.93. The summed E-state index contributed by atoms with van der Waals surface area (Å²) in [6, 6.07) is 8.43. The van der Waals surface area contributed by atoms with Gasteiger partial charge in [-0.2, -0.15) is 0 Å².